The molecule has 3 aromatic rings. The van der Waals surface area contributed by atoms with Gasteiger partial charge in [-0.25, -0.2) is 4.98 Å². The predicted octanol–water partition coefficient (Wildman–Crippen LogP) is 2.67. The van der Waals surface area contributed by atoms with Crippen LogP contribution < -0.4 is 5.32 Å². The summed E-state index contributed by atoms with van der Waals surface area (Å²) in [5, 5.41) is 2.97. The predicted molar refractivity (Wildman–Crippen MR) is 105 cm³/mol. The van der Waals surface area contributed by atoms with Gasteiger partial charge in [-0.2, -0.15) is 0 Å². The van der Waals surface area contributed by atoms with Gasteiger partial charge >= 0.3 is 0 Å². The number of amides is 2. The molecule has 28 heavy (non-hydrogen) atoms. The van der Waals surface area contributed by atoms with E-state index in [9.17, 15) is 9.59 Å². The van der Waals surface area contributed by atoms with Gasteiger partial charge in [0.25, 0.3) is 5.91 Å². The summed E-state index contributed by atoms with van der Waals surface area (Å²) in [4.78, 5) is 31.6. The second-order valence-electron chi connectivity index (χ2n) is 7.49. The Hall–Kier alpha value is -3.41. The lowest BCUT2D eigenvalue weighted by Gasteiger charge is -2.22. The minimum atomic E-state index is -0.617. The van der Waals surface area contributed by atoms with Crippen LogP contribution in [-0.2, 0) is 16.8 Å². The van der Waals surface area contributed by atoms with E-state index in [1.54, 1.807) is 17.4 Å². The normalized spacial score (nSPS) is 20.4. The Morgan fingerprint density at radius 1 is 1.14 bits per heavy atom. The molecular formula is C22H20N4O2. The molecular weight excluding hydrogens is 352 g/mol. The van der Waals surface area contributed by atoms with Gasteiger partial charge < -0.3 is 14.8 Å². The minimum absolute atomic E-state index is 0.000296. The fraction of sp³-hybridized carbons (Fsp3) is 0.227. The number of carbonyl (C=O) groups excluding carboxylic acids is 2. The molecule has 1 saturated heterocycles. The van der Waals surface area contributed by atoms with Gasteiger partial charge in [-0.15, -0.1) is 0 Å². The third-order valence-electron chi connectivity index (χ3n) is 5.81. The van der Waals surface area contributed by atoms with E-state index >= 15 is 0 Å². The van der Waals surface area contributed by atoms with Gasteiger partial charge in [-0.1, -0.05) is 30.3 Å². The summed E-state index contributed by atoms with van der Waals surface area (Å²) in [5.74, 6) is -0.0251. The molecule has 1 aromatic heterocycles. The van der Waals surface area contributed by atoms with Crippen molar-refractivity contribution in [2.24, 2.45) is 0 Å². The molecule has 5 rings (SSSR count). The highest BCUT2D eigenvalue weighted by atomic mass is 16.2. The average molecular weight is 372 g/mol. The van der Waals surface area contributed by atoms with E-state index in [0.29, 0.717) is 25.1 Å². The van der Waals surface area contributed by atoms with E-state index < -0.39 is 5.41 Å². The lowest BCUT2D eigenvalue weighted by Crippen LogP contribution is -2.39. The molecule has 2 amide bonds. The highest BCUT2D eigenvalue weighted by Gasteiger charge is 2.51. The standard InChI is InChI=1S/C22H20N4O2/c27-20(17-7-5-16(6-8-17)13-25-12-10-23-15-25)26-11-9-22(14-26)18-3-1-2-4-19(18)24-21(22)28/h1-8,10,12,15H,9,11,13-14H2,(H,24,28). The van der Waals surface area contributed by atoms with Gasteiger partial charge in [-0.3, -0.25) is 9.59 Å². The summed E-state index contributed by atoms with van der Waals surface area (Å²) in [5.41, 5.74) is 3.01. The molecule has 2 aliphatic heterocycles. The molecule has 2 aliphatic rings. The molecule has 0 radical (unpaired) electrons. The largest absolute Gasteiger partial charge is 0.337 e. The van der Waals surface area contributed by atoms with Gasteiger partial charge in [-0.05, 0) is 35.7 Å². The highest BCUT2D eigenvalue weighted by Crippen LogP contribution is 2.44. The molecule has 1 N–H and O–H groups in total. The number of likely N-dealkylation sites (tertiary alicyclic amines) is 1. The van der Waals surface area contributed by atoms with Crippen molar-refractivity contribution >= 4 is 17.5 Å². The second-order valence-corrected chi connectivity index (χ2v) is 7.49. The van der Waals surface area contributed by atoms with Crippen LogP contribution in [0.1, 0.15) is 27.9 Å². The van der Waals surface area contributed by atoms with Crippen molar-refractivity contribution in [1.29, 1.82) is 0 Å². The summed E-state index contributed by atoms with van der Waals surface area (Å²) in [6, 6.07) is 15.4. The van der Waals surface area contributed by atoms with Crippen LogP contribution in [0.5, 0.6) is 0 Å². The van der Waals surface area contributed by atoms with Crippen LogP contribution in [0.2, 0.25) is 0 Å². The van der Waals surface area contributed by atoms with Crippen LogP contribution in [0, 0.1) is 0 Å². The quantitative estimate of drug-likeness (QED) is 0.769. The van der Waals surface area contributed by atoms with Gasteiger partial charge in [0.2, 0.25) is 5.91 Å². The Morgan fingerprint density at radius 3 is 2.75 bits per heavy atom. The van der Waals surface area contributed by atoms with Crippen LogP contribution in [0.4, 0.5) is 5.69 Å². The molecule has 0 aliphatic carbocycles. The Bertz CT molecular complexity index is 1040. The number of hydrogen-bond acceptors (Lipinski definition) is 3. The first-order valence-electron chi connectivity index (χ1n) is 9.41. The Kier molecular flexibility index (Phi) is 3.79. The van der Waals surface area contributed by atoms with E-state index in [0.717, 1.165) is 23.4 Å². The van der Waals surface area contributed by atoms with Crippen LogP contribution in [0.15, 0.2) is 67.3 Å². The molecule has 0 bridgehead atoms. The van der Waals surface area contributed by atoms with E-state index in [2.05, 4.69) is 10.3 Å². The summed E-state index contributed by atoms with van der Waals surface area (Å²) in [6.07, 6.45) is 6.08. The molecule has 0 saturated carbocycles. The summed E-state index contributed by atoms with van der Waals surface area (Å²) in [6.45, 7) is 1.72. The van der Waals surface area contributed by atoms with Gasteiger partial charge in [0.15, 0.2) is 0 Å². The number of rotatable bonds is 3. The number of carbonyl (C=O) groups is 2. The molecule has 6 heteroatoms. The van der Waals surface area contributed by atoms with Crippen LogP contribution in [0.25, 0.3) is 0 Å². The van der Waals surface area contributed by atoms with E-state index in [1.807, 2.05) is 59.3 Å². The topological polar surface area (TPSA) is 67.2 Å². The third kappa shape index (κ3) is 2.60. The zero-order valence-electron chi connectivity index (χ0n) is 15.3. The number of nitrogens with one attached hydrogen (secondary N) is 1. The maximum atomic E-state index is 13.0. The van der Waals surface area contributed by atoms with Gasteiger partial charge in [0.05, 0.1) is 11.7 Å². The van der Waals surface area contributed by atoms with E-state index in [4.69, 9.17) is 0 Å². The first-order valence-corrected chi connectivity index (χ1v) is 9.41. The second kappa shape index (κ2) is 6.34. The van der Waals surface area contributed by atoms with Crippen LogP contribution in [-0.4, -0.2) is 39.4 Å². The summed E-state index contributed by atoms with van der Waals surface area (Å²) in [7, 11) is 0. The minimum Gasteiger partial charge on any atom is -0.337 e. The summed E-state index contributed by atoms with van der Waals surface area (Å²) < 4.78 is 1.98. The Labute approximate surface area is 162 Å². The smallest absolute Gasteiger partial charge is 0.253 e. The number of fused-ring (bicyclic) bond motifs is 2. The molecule has 1 fully saturated rings. The summed E-state index contributed by atoms with van der Waals surface area (Å²) >= 11 is 0. The van der Waals surface area contributed by atoms with Crippen molar-refractivity contribution < 1.29 is 9.59 Å². The number of para-hydroxylation sites is 1. The number of hydrogen-bond donors (Lipinski definition) is 1. The Morgan fingerprint density at radius 2 is 1.96 bits per heavy atom. The number of anilines is 1. The van der Waals surface area contributed by atoms with Crippen LogP contribution in [0.3, 0.4) is 0 Å². The molecule has 1 unspecified atom stereocenters. The lowest BCUT2D eigenvalue weighted by molar-refractivity contribution is -0.120. The fourth-order valence-corrected chi connectivity index (χ4v) is 4.29. The lowest BCUT2D eigenvalue weighted by atomic mass is 9.81. The molecule has 2 aromatic carbocycles. The zero-order chi connectivity index (χ0) is 19.1. The fourth-order valence-electron chi connectivity index (χ4n) is 4.29. The third-order valence-corrected chi connectivity index (χ3v) is 5.81. The van der Waals surface area contributed by atoms with E-state index in [-0.39, 0.29) is 11.8 Å². The van der Waals surface area contributed by atoms with Crippen molar-refractivity contribution in [3.05, 3.63) is 83.9 Å². The number of nitrogens with zero attached hydrogens (tertiary/aromatic N) is 3. The first-order chi connectivity index (χ1) is 13.7. The molecule has 1 spiro atoms. The van der Waals surface area contributed by atoms with Crippen LogP contribution >= 0.6 is 0 Å². The van der Waals surface area contributed by atoms with Crippen molar-refractivity contribution in [3.63, 3.8) is 0 Å². The number of aromatic nitrogens is 2. The van der Waals surface area contributed by atoms with Gasteiger partial charge in [0, 0.05) is 43.3 Å². The maximum absolute atomic E-state index is 13.0. The number of benzene rings is 2. The van der Waals surface area contributed by atoms with Crippen molar-refractivity contribution in [3.8, 4) is 0 Å². The average Bonchev–Trinajstić information content (AvgIpc) is 3.44. The molecule has 140 valence electrons. The van der Waals surface area contributed by atoms with Crippen molar-refractivity contribution in [1.82, 2.24) is 14.5 Å². The maximum Gasteiger partial charge on any atom is 0.253 e. The van der Waals surface area contributed by atoms with E-state index in [1.165, 1.54) is 0 Å². The first kappa shape index (κ1) is 16.7. The zero-order valence-corrected chi connectivity index (χ0v) is 15.3. The van der Waals surface area contributed by atoms with Crippen molar-refractivity contribution in [2.75, 3.05) is 18.4 Å². The highest BCUT2D eigenvalue weighted by molar-refractivity contribution is 6.07. The Balaban J connectivity index is 1.34. The monoisotopic (exact) mass is 372 g/mol. The molecule has 1 atom stereocenters. The van der Waals surface area contributed by atoms with Crippen molar-refractivity contribution in [2.45, 2.75) is 18.4 Å². The molecule has 6 nitrogen and oxygen atoms in total. The number of imidazole rings is 1. The van der Waals surface area contributed by atoms with Gasteiger partial charge in [0.1, 0.15) is 0 Å². The SMILES string of the molecule is O=C(c1ccc(Cn2ccnc2)cc1)N1CCC2(C1)C(=O)Nc1ccccc12. The molecule has 3 heterocycles.